The largest absolute Gasteiger partial charge is 0.482 e. The maximum absolute atomic E-state index is 12.6. The molecular weight excluding hydrogens is 374 g/mol. The van der Waals surface area contributed by atoms with E-state index in [2.05, 4.69) is 9.98 Å². The lowest BCUT2D eigenvalue weighted by atomic mass is 10.2. The SMILES string of the molecule is CCN1C(=O)/C(=C\c2ccc(OCC(=O)O)cc2)S/C1=N/c1nccs1. The monoisotopic (exact) mass is 389 g/mol. The van der Waals surface area contributed by atoms with E-state index >= 15 is 0 Å². The molecule has 3 rings (SSSR count). The molecule has 1 N–H and O–H groups in total. The lowest BCUT2D eigenvalue weighted by Gasteiger charge is -2.11. The number of likely N-dealkylation sites (N-methyl/N-ethyl adjacent to an activating group) is 1. The van der Waals surface area contributed by atoms with E-state index in [0.717, 1.165) is 5.56 Å². The van der Waals surface area contributed by atoms with Crippen LogP contribution in [0.1, 0.15) is 12.5 Å². The predicted octanol–water partition coefficient (Wildman–Crippen LogP) is 3.23. The molecular formula is C17H15N3O4S2. The lowest BCUT2D eigenvalue weighted by Crippen LogP contribution is -2.28. The number of benzene rings is 1. The van der Waals surface area contributed by atoms with Gasteiger partial charge in [-0.25, -0.2) is 9.78 Å². The summed E-state index contributed by atoms with van der Waals surface area (Å²) in [6, 6.07) is 6.87. The number of aromatic nitrogens is 1. The van der Waals surface area contributed by atoms with Gasteiger partial charge in [0.15, 0.2) is 11.8 Å². The zero-order chi connectivity index (χ0) is 18.5. The highest BCUT2D eigenvalue weighted by molar-refractivity contribution is 8.18. The number of carboxylic acid groups (broad SMARTS) is 1. The molecule has 0 unspecified atom stereocenters. The summed E-state index contributed by atoms with van der Waals surface area (Å²) in [6.07, 6.45) is 3.45. The van der Waals surface area contributed by atoms with Crippen molar-refractivity contribution < 1.29 is 19.4 Å². The maximum Gasteiger partial charge on any atom is 0.341 e. The fourth-order valence-electron chi connectivity index (χ4n) is 2.18. The Morgan fingerprint density at radius 1 is 1.38 bits per heavy atom. The summed E-state index contributed by atoms with van der Waals surface area (Å²) in [4.78, 5) is 33.8. The fraction of sp³-hybridized carbons (Fsp3) is 0.176. The second kappa shape index (κ2) is 8.15. The molecule has 1 aromatic heterocycles. The van der Waals surface area contributed by atoms with Gasteiger partial charge in [0.25, 0.3) is 5.91 Å². The first kappa shape index (κ1) is 18.2. The Kier molecular flexibility index (Phi) is 5.69. The van der Waals surface area contributed by atoms with Crippen LogP contribution in [-0.2, 0) is 9.59 Å². The van der Waals surface area contributed by atoms with Crippen molar-refractivity contribution in [3.63, 3.8) is 0 Å². The number of carbonyl (C=O) groups is 2. The number of amidine groups is 1. The van der Waals surface area contributed by atoms with E-state index in [1.54, 1.807) is 41.4 Å². The van der Waals surface area contributed by atoms with Crippen molar-refractivity contribution in [3.05, 3.63) is 46.3 Å². The van der Waals surface area contributed by atoms with Crippen molar-refractivity contribution >= 4 is 51.4 Å². The molecule has 2 aromatic rings. The molecule has 1 fully saturated rings. The van der Waals surface area contributed by atoms with E-state index in [0.29, 0.717) is 27.5 Å². The van der Waals surface area contributed by atoms with E-state index in [1.807, 2.05) is 12.3 Å². The van der Waals surface area contributed by atoms with Crippen molar-refractivity contribution in [2.45, 2.75) is 6.92 Å². The third-order valence-corrected chi connectivity index (χ3v) is 5.03. The normalized spacial score (nSPS) is 17.3. The summed E-state index contributed by atoms with van der Waals surface area (Å²) in [5.74, 6) is -0.670. The molecule has 26 heavy (non-hydrogen) atoms. The summed E-state index contributed by atoms with van der Waals surface area (Å²) in [7, 11) is 0. The Bertz CT molecular complexity index is 861. The summed E-state index contributed by atoms with van der Waals surface area (Å²) >= 11 is 2.72. The third kappa shape index (κ3) is 4.30. The van der Waals surface area contributed by atoms with Gasteiger partial charge >= 0.3 is 5.97 Å². The molecule has 0 bridgehead atoms. The van der Waals surface area contributed by atoms with Crippen LogP contribution < -0.4 is 4.74 Å². The Balaban J connectivity index is 1.78. The number of aliphatic imine (C=N–C) groups is 1. The molecule has 1 aliphatic rings. The number of hydrogen-bond donors (Lipinski definition) is 1. The van der Waals surface area contributed by atoms with Crippen LogP contribution in [0.4, 0.5) is 5.13 Å². The molecule has 1 amide bonds. The van der Waals surface area contributed by atoms with Crippen LogP contribution in [0.25, 0.3) is 6.08 Å². The van der Waals surface area contributed by atoms with Gasteiger partial charge in [-0.1, -0.05) is 12.1 Å². The summed E-state index contributed by atoms with van der Waals surface area (Å²) in [5, 5.41) is 11.7. The second-order valence-electron chi connectivity index (χ2n) is 5.12. The maximum atomic E-state index is 12.6. The number of thiazole rings is 1. The van der Waals surface area contributed by atoms with Gasteiger partial charge in [-0.15, -0.1) is 11.3 Å². The van der Waals surface area contributed by atoms with Gasteiger partial charge in [-0.3, -0.25) is 9.69 Å². The average Bonchev–Trinajstić information content (AvgIpc) is 3.23. The molecule has 7 nitrogen and oxygen atoms in total. The molecule has 0 aliphatic carbocycles. The van der Waals surface area contributed by atoms with Crippen LogP contribution in [0.3, 0.4) is 0 Å². The average molecular weight is 389 g/mol. The zero-order valence-electron chi connectivity index (χ0n) is 13.8. The highest BCUT2D eigenvalue weighted by Gasteiger charge is 2.32. The number of hydrogen-bond acceptors (Lipinski definition) is 7. The summed E-state index contributed by atoms with van der Waals surface area (Å²) in [6.45, 7) is 2.03. The van der Waals surface area contributed by atoms with Crippen LogP contribution in [0.5, 0.6) is 5.75 Å². The van der Waals surface area contributed by atoms with Crippen molar-refractivity contribution in [1.82, 2.24) is 9.88 Å². The first-order valence-corrected chi connectivity index (χ1v) is 9.40. The van der Waals surface area contributed by atoms with E-state index in [1.165, 1.54) is 23.1 Å². The number of thioether (sulfide) groups is 1. The molecule has 0 radical (unpaired) electrons. The fourth-order valence-corrected chi connectivity index (χ4v) is 3.79. The minimum absolute atomic E-state index is 0.0981. The Morgan fingerprint density at radius 2 is 2.15 bits per heavy atom. The molecule has 0 atom stereocenters. The second-order valence-corrected chi connectivity index (χ2v) is 7.00. The van der Waals surface area contributed by atoms with Gasteiger partial charge in [-0.2, -0.15) is 4.99 Å². The Morgan fingerprint density at radius 3 is 2.77 bits per heavy atom. The number of nitrogens with zero attached hydrogens (tertiary/aromatic N) is 3. The molecule has 0 spiro atoms. The Labute approximate surface area is 158 Å². The minimum Gasteiger partial charge on any atom is -0.482 e. The van der Waals surface area contributed by atoms with Gasteiger partial charge < -0.3 is 9.84 Å². The van der Waals surface area contributed by atoms with Gasteiger partial charge in [0, 0.05) is 18.1 Å². The van der Waals surface area contributed by atoms with Crippen LogP contribution >= 0.6 is 23.1 Å². The third-order valence-electron chi connectivity index (χ3n) is 3.36. The minimum atomic E-state index is -1.03. The van der Waals surface area contributed by atoms with E-state index in [-0.39, 0.29) is 5.91 Å². The quantitative estimate of drug-likeness (QED) is 0.763. The molecule has 1 aliphatic heterocycles. The van der Waals surface area contributed by atoms with Crippen molar-refractivity contribution in [2.75, 3.05) is 13.2 Å². The van der Waals surface area contributed by atoms with Crippen molar-refractivity contribution in [2.24, 2.45) is 4.99 Å². The number of aliphatic carboxylic acids is 1. The standard InChI is InChI=1S/C17H15N3O4S2/c1-2-20-15(23)13(26-17(20)19-16-18-7-8-25-16)9-11-3-5-12(6-4-11)24-10-14(21)22/h3-9H,2,10H2,1H3,(H,21,22)/b13-9+,19-17+. The van der Waals surface area contributed by atoms with Crippen LogP contribution in [0.15, 0.2) is 45.7 Å². The van der Waals surface area contributed by atoms with E-state index in [4.69, 9.17) is 9.84 Å². The van der Waals surface area contributed by atoms with Gasteiger partial charge in [0.2, 0.25) is 5.13 Å². The lowest BCUT2D eigenvalue weighted by molar-refractivity contribution is -0.139. The smallest absolute Gasteiger partial charge is 0.341 e. The topological polar surface area (TPSA) is 92.1 Å². The zero-order valence-corrected chi connectivity index (χ0v) is 15.4. The first-order chi connectivity index (χ1) is 12.6. The first-order valence-electron chi connectivity index (χ1n) is 7.71. The molecule has 0 saturated carbocycles. The van der Waals surface area contributed by atoms with Crippen LogP contribution in [-0.4, -0.2) is 45.2 Å². The number of carboxylic acids is 1. The highest BCUT2D eigenvalue weighted by Crippen LogP contribution is 2.34. The van der Waals surface area contributed by atoms with Crippen LogP contribution in [0.2, 0.25) is 0 Å². The number of rotatable bonds is 6. The molecule has 2 heterocycles. The highest BCUT2D eigenvalue weighted by atomic mass is 32.2. The molecule has 9 heteroatoms. The number of carbonyl (C=O) groups excluding carboxylic acids is 1. The van der Waals surface area contributed by atoms with E-state index in [9.17, 15) is 9.59 Å². The summed E-state index contributed by atoms with van der Waals surface area (Å²) < 4.78 is 5.10. The van der Waals surface area contributed by atoms with Crippen molar-refractivity contribution in [3.8, 4) is 5.75 Å². The van der Waals surface area contributed by atoms with Crippen LogP contribution in [0, 0.1) is 0 Å². The number of amides is 1. The van der Waals surface area contributed by atoms with Crippen molar-refractivity contribution in [1.29, 1.82) is 0 Å². The van der Waals surface area contributed by atoms with E-state index < -0.39 is 12.6 Å². The predicted molar refractivity (Wildman–Crippen MR) is 102 cm³/mol. The Hall–Kier alpha value is -2.65. The van der Waals surface area contributed by atoms with Gasteiger partial charge in [0.1, 0.15) is 5.75 Å². The van der Waals surface area contributed by atoms with Gasteiger partial charge in [-0.05, 0) is 42.5 Å². The molecule has 134 valence electrons. The molecule has 1 aromatic carbocycles. The number of ether oxygens (including phenoxy) is 1. The summed E-state index contributed by atoms with van der Waals surface area (Å²) in [5.41, 5.74) is 0.815. The molecule has 1 saturated heterocycles. The van der Waals surface area contributed by atoms with Gasteiger partial charge in [0.05, 0.1) is 4.91 Å².